The maximum Gasteiger partial charge on any atom is 0.119 e. The Morgan fingerprint density at radius 3 is 2.62 bits per heavy atom. The predicted octanol–water partition coefficient (Wildman–Crippen LogP) is 4.49. The van der Waals surface area contributed by atoms with E-state index in [-0.39, 0.29) is 0 Å². The molecule has 21 heavy (non-hydrogen) atoms. The summed E-state index contributed by atoms with van der Waals surface area (Å²) in [5.41, 5.74) is 2.24. The van der Waals surface area contributed by atoms with Crippen molar-refractivity contribution in [3.63, 3.8) is 0 Å². The van der Waals surface area contributed by atoms with E-state index in [2.05, 4.69) is 18.0 Å². The van der Waals surface area contributed by atoms with Crippen molar-refractivity contribution in [3.05, 3.63) is 59.7 Å². The third-order valence-corrected chi connectivity index (χ3v) is 3.02. The van der Waals surface area contributed by atoms with Gasteiger partial charge in [-0.15, -0.1) is 0 Å². The maximum absolute atomic E-state index is 9.01. The zero-order valence-electron chi connectivity index (χ0n) is 12.1. The van der Waals surface area contributed by atoms with Crippen LogP contribution in [0.2, 0.25) is 0 Å². The van der Waals surface area contributed by atoms with E-state index >= 15 is 0 Å². The van der Waals surface area contributed by atoms with Gasteiger partial charge in [0, 0.05) is 6.21 Å². The second-order valence-electron chi connectivity index (χ2n) is 4.66. The Kier molecular flexibility index (Phi) is 5.54. The van der Waals surface area contributed by atoms with Crippen LogP contribution in [0.15, 0.2) is 53.5 Å². The van der Waals surface area contributed by atoms with Crippen molar-refractivity contribution in [3.8, 4) is 11.8 Å². The zero-order valence-corrected chi connectivity index (χ0v) is 12.1. The number of hydrogen-bond donors (Lipinski definition) is 0. The molecule has 106 valence electrons. The Hall–Kier alpha value is -2.60. The standard InChI is InChI=1S/C18H18N2O/c1-2-3-12-21-17-10-8-15(9-11-17)14-20-18-7-5-4-6-16(18)13-19/h4-11,14H,2-3,12H2,1H3. The van der Waals surface area contributed by atoms with Crippen LogP contribution in [0.25, 0.3) is 0 Å². The number of unbranched alkanes of at least 4 members (excludes halogenated alkanes) is 1. The minimum absolute atomic E-state index is 0.577. The first-order chi connectivity index (χ1) is 10.3. The summed E-state index contributed by atoms with van der Waals surface area (Å²) in [4.78, 5) is 4.36. The van der Waals surface area contributed by atoms with E-state index in [9.17, 15) is 0 Å². The molecule has 3 heteroatoms. The molecular weight excluding hydrogens is 260 g/mol. The molecule has 0 unspecified atom stereocenters. The van der Waals surface area contributed by atoms with Gasteiger partial charge in [0.15, 0.2) is 0 Å². The largest absolute Gasteiger partial charge is 0.494 e. The maximum atomic E-state index is 9.01. The molecule has 0 aliphatic heterocycles. The van der Waals surface area contributed by atoms with Crippen LogP contribution in [0.1, 0.15) is 30.9 Å². The van der Waals surface area contributed by atoms with E-state index in [4.69, 9.17) is 10.00 Å². The van der Waals surface area contributed by atoms with Crippen molar-refractivity contribution in [2.75, 3.05) is 6.61 Å². The first-order valence-corrected chi connectivity index (χ1v) is 7.09. The summed E-state index contributed by atoms with van der Waals surface area (Å²) in [7, 11) is 0. The molecule has 0 fully saturated rings. The normalized spacial score (nSPS) is 10.5. The van der Waals surface area contributed by atoms with Gasteiger partial charge in [0.25, 0.3) is 0 Å². The van der Waals surface area contributed by atoms with Gasteiger partial charge in [-0.05, 0) is 48.4 Å². The lowest BCUT2D eigenvalue weighted by molar-refractivity contribution is 0.309. The molecule has 2 aromatic carbocycles. The SMILES string of the molecule is CCCCOc1ccc(C=Nc2ccccc2C#N)cc1. The fraction of sp³-hybridized carbons (Fsp3) is 0.222. The number of nitrogens with zero attached hydrogens (tertiary/aromatic N) is 2. The predicted molar refractivity (Wildman–Crippen MR) is 85.3 cm³/mol. The Morgan fingerprint density at radius 2 is 1.90 bits per heavy atom. The second-order valence-corrected chi connectivity index (χ2v) is 4.66. The molecule has 0 atom stereocenters. The second kappa shape index (κ2) is 7.86. The van der Waals surface area contributed by atoms with E-state index in [0.717, 1.165) is 30.8 Å². The number of aliphatic imine (C=N–C) groups is 1. The molecule has 2 rings (SSSR count). The Bertz CT molecular complexity index is 639. The van der Waals surface area contributed by atoms with E-state index in [1.165, 1.54) is 0 Å². The quantitative estimate of drug-likeness (QED) is 0.577. The number of nitriles is 1. The van der Waals surface area contributed by atoms with Crippen LogP contribution in [0, 0.1) is 11.3 Å². The third kappa shape index (κ3) is 4.47. The zero-order chi connectivity index (χ0) is 14.9. The molecule has 0 bridgehead atoms. The average molecular weight is 278 g/mol. The number of benzene rings is 2. The van der Waals surface area contributed by atoms with Gasteiger partial charge >= 0.3 is 0 Å². The number of hydrogen-bond acceptors (Lipinski definition) is 3. The summed E-state index contributed by atoms with van der Waals surface area (Å²) in [6.45, 7) is 2.89. The Morgan fingerprint density at radius 1 is 1.14 bits per heavy atom. The van der Waals surface area contributed by atoms with Crippen molar-refractivity contribution in [1.29, 1.82) is 5.26 Å². The van der Waals surface area contributed by atoms with E-state index in [1.807, 2.05) is 42.5 Å². The van der Waals surface area contributed by atoms with E-state index in [1.54, 1.807) is 12.3 Å². The third-order valence-electron chi connectivity index (χ3n) is 3.02. The van der Waals surface area contributed by atoms with Crippen LogP contribution in [0.3, 0.4) is 0 Å². The summed E-state index contributed by atoms with van der Waals surface area (Å²) in [5, 5.41) is 9.01. The summed E-state index contributed by atoms with van der Waals surface area (Å²) in [6.07, 6.45) is 3.95. The van der Waals surface area contributed by atoms with Crippen LogP contribution in [-0.4, -0.2) is 12.8 Å². The fourth-order valence-corrected chi connectivity index (χ4v) is 1.81. The molecule has 0 amide bonds. The lowest BCUT2D eigenvalue weighted by Crippen LogP contribution is -1.96. The van der Waals surface area contributed by atoms with Crippen molar-refractivity contribution >= 4 is 11.9 Å². The fourth-order valence-electron chi connectivity index (χ4n) is 1.81. The summed E-state index contributed by atoms with van der Waals surface area (Å²) in [6, 6.07) is 17.2. The molecule has 3 nitrogen and oxygen atoms in total. The molecule has 0 N–H and O–H groups in total. The molecule has 0 radical (unpaired) electrons. The number of rotatable bonds is 6. The van der Waals surface area contributed by atoms with Crippen molar-refractivity contribution in [1.82, 2.24) is 0 Å². The first-order valence-electron chi connectivity index (χ1n) is 7.09. The van der Waals surface area contributed by atoms with Crippen molar-refractivity contribution in [2.24, 2.45) is 4.99 Å². The van der Waals surface area contributed by atoms with Gasteiger partial charge in [-0.2, -0.15) is 5.26 Å². The highest BCUT2D eigenvalue weighted by atomic mass is 16.5. The van der Waals surface area contributed by atoms with Crippen LogP contribution >= 0.6 is 0 Å². The van der Waals surface area contributed by atoms with Crippen LogP contribution in [0.4, 0.5) is 5.69 Å². The Balaban J connectivity index is 2.03. The van der Waals surface area contributed by atoms with Gasteiger partial charge in [-0.1, -0.05) is 25.5 Å². The Labute approximate surface area is 125 Å². The minimum Gasteiger partial charge on any atom is -0.494 e. The summed E-state index contributed by atoms with van der Waals surface area (Å²) >= 11 is 0. The van der Waals surface area contributed by atoms with Gasteiger partial charge in [0.2, 0.25) is 0 Å². The smallest absolute Gasteiger partial charge is 0.119 e. The van der Waals surface area contributed by atoms with Gasteiger partial charge in [-0.3, -0.25) is 4.99 Å². The first kappa shape index (κ1) is 14.8. The number of para-hydroxylation sites is 1. The van der Waals surface area contributed by atoms with E-state index in [0.29, 0.717) is 11.3 Å². The van der Waals surface area contributed by atoms with Crippen molar-refractivity contribution in [2.45, 2.75) is 19.8 Å². The molecule has 0 saturated heterocycles. The van der Waals surface area contributed by atoms with Crippen molar-refractivity contribution < 1.29 is 4.74 Å². The molecule has 2 aromatic rings. The van der Waals surface area contributed by atoms with Crippen LogP contribution in [0.5, 0.6) is 5.75 Å². The highest BCUT2D eigenvalue weighted by Gasteiger charge is 1.98. The minimum atomic E-state index is 0.577. The van der Waals surface area contributed by atoms with Gasteiger partial charge < -0.3 is 4.74 Å². The van der Waals surface area contributed by atoms with Crippen LogP contribution < -0.4 is 4.74 Å². The highest BCUT2D eigenvalue weighted by molar-refractivity contribution is 5.82. The summed E-state index contributed by atoms with van der Waals surface area (Å²) < 4.78 is 5.61. The highest BCUT2D eigenvalue weighted by Crippen LogP contribution is 2.18. The molecule has 0 aromatic heterocycles. The number of ether oxygens (including phenoxy) is 1. The average Bonchev–Trinajstić information content (AvgIpc) is 2.54. The molecule has 0 spiro atoms. The van der Waals surface area contributed by atoms with Crippen LogP contribution in [-0.2, 0) is 0 Å². The van der Waals surface area contributed by atoms with Gasteiger partial charge in [0.1, 0.15) is 11.8 Å². The molecule has 0 aliphatic carbocycles. The van der Waals surface area contributed by atoms with Gasteiger partial charge in [0.05, 0.1) is 17.9 Å². The topological polar surface area (TPSA) is 45.4 Å². The summed E-state index contributed by atoms with van der Waals surface area (Å²) in [5.74, 6) is 0.873. The monoisotopic (exact) mass is 278 g/mol. The molecule has 0 saturated carbocycles. The molecule has 0 aliphatic rings. The lowest BCUT2D eigenvalue weighted by Gasteiger charge is -2.04. The lowest BCUT2D eigenvalue weighted by atomic mass is 10.2. The van der Waals surface area contributed by atoms with E-state index < -0.39 is 0 Å². The molecule has 0 heterocycles. The van der Waals surface area contributed by atoms with Gasteiger partial charge in [-0.25, -0.2) is 0 Å². The molecular formula is C18H18N2O.